The lowest BCUT2D eigenvalue weighted by Crippen LogP contribution is -2.36. The minimum absolute atomic E-state index is 0.0278. The van der Waals surface area contributed by atoms with Gasteiger partial charge in [-0.2, -0.15) is 13.2 Å². The van der Waals surface area contributed by atoms with E-state index in [0.29, 0.717) is 13.1 Å². The molecule has 0 saturated carbocycles. The van der Waals surface area contributed by atoms with Crippen LogP contribution in [0.1, 0.15) is 6.42 Å². The number of alkyl halides is 4. The molecule has 14 heavy (non-hydrogen) atoms. The van der Waals surface area contributed by atoms with Gasteiger partial charge in [-0.1, -0.05) is 15.9 Å². The fraction of sp³-hybridized carbons (Fsp3) is 1.00. The predicted octanol–water partition coefficient (Wildman–Crippen LogP) is 1.63. The molecule has 1 aliphatic heterocycles. The number of hydrogen-bond acceptors (Lipinski definition) is 2. The first-order chi connectivity index (χ1) is 6.43. The molecule has 0 amide bonds. The summed E-state index contributed by atoms with van der Waals surface area (Å²) in [5.74, 6) is 0.142. The molecule has 0 spiro atoms. The molecule has 84 valence electrons. The van der Waals surface area contributed by atoms with Gasteiger partial charge >= 0.3 is 6.18 Å². The van der Waals surface area contributed by atoms with E-state index in [1.807, 2.05) is 0 Å². The van der Waals surface area contributed by atoms with Crippen LogP contribution in [0.2, 0.25) is 0 Å². The van der Waals surface area contributed by atoms with Gasteiger partial charge in [0.2, 0.25) is 0 Å². The molecule has 0 aliphatic carbocycles. The summed E-state index contributed by atoms with van der Waals surface area (Å²) in [5.41, 5.74) is 0. The van der Waals surface area contributed by atoms with Crippen molar-refractivity contribution in [2.75, 3.05) is 26.2 Å². The Balaban J connectivity index is 2.32. The van der Waals surface area contributed by atoms with Gasteiger partial charge in [-0.25, -0.2) is 0 Å². The van der Waals surface area contributed by atoms with Crippen molar-refractivity contribution < 1.29 is 18.3 Å². The van der Waals surface area contributed by atoms with Crippen LogP contribution in [-0.2, 0) is 0 Å². The smallest absolute Gasteiger partial charge is 0.396 e. The summed E-state index contributed by atoms with van der Waals surface area (Å²) in [6, 6.07) is 0. The maximum absolute atomic E-state index is 12.2. The van der Waals surface area contributed by atoms with Gasteiger partial charge in [0.25, 0.3) is 0 Å². The van der Waals surface area contributed by atoms with Crippen molar-refractivity contribution in [2.45, 2.75) is 17.4 Å². The molecule has 0 bridgehead atoms. The number of halogens is 4. The molecule has 1 N–H and O–H groups in total. The molecule has 0 aromatic rings. The van der Waals surface area contributed by atoms with Crippen molar-refractivity contribution in [1.29, 1.82) is 0 Å². The molecule has 6 heteroatoms. The van der Waals surface area contributed by atoms with E-state index in [2.05, 4.69) is 15.9 Å². The summed E-state index contributed by atoms with van der Waals surface area (Å²) in [7, 11) is 0. The van der Waals surface area contributed by atoms with Crippen LogP contribution in [0.15, 0.2) is 0 Å². The molecule has 0 aromatic heterocycles. The lowest BCUT2D eigenvalue weighted by atomic mass is 10.1. The molecular formula is C8H13BrF3NO. The van der Waals surface area contributed by atoms with Crippen LogP contribution in [0.4, 0.5) is 13.2 Å². The molecule has 0 radical (unpaired) electrons. The van der Waals surface area contributed by atoms with Crippen LogP contribution in [-0.4, -0.2) is 47.3 Å². The largest absolute Gasteiger partial charge is 0.402 e. The summed E-state index contributed by atoms with van der Waals surface area (Å²) in [4.78, 5) is 0.265. The molecule has 1 heterocycles. The first-order valence-corrected chi connectivity index (χ1v) is 5.39. The van der Waals surface area contributed by atoms with Crippen LogP contribution in [0.3, 0.4) is 0 Å². The van der Waals surface area contributed by atoms with Crippen LogP contribution in [0.5, 0.6) is 0 Å². The van der Waals surface area contributed by atoms with E-state index in [1.54, 1.807) is 4.90 Å². The van der Waals surface area contributed by atoms with Gasteiger partial charge < -0.3 is 10.0 Å². The van der Waals surface area contributed by atoms with Crippen molar-refractivity contribution in [2.24, 2.45) is 5.92 Å². The lowest BCUT2D eigenvalue weighted by Gasteiger charge is -2.21. The quantitative estimate of drug-likeness (QED) is 0.792. The van der Waals surface area contributed by atoms with Crippen molar-refractivity contribution in [3.8, 4) is 0 Å². The number of aliphatic hydroxyl groups is 1. The molecule has 1 aliphatic rings. The van der Waals surface area contributed by atoms with Gasteiger partial charge in [-0.05, 0) is 18.9 Å². The minimum Gasteiger partial charge on any atom is -0.396 e. The summed E-state index contributed by atoms with van der Waals surface area (Å²) < 4.78 is 36.5. The van der Waals surface area contributed by atoms with Gasteiger partial charge in [0.05, 0.1) is 0 Å². The fourth-order valence-corrected chi connectivity index (χ4v) is 1.97. The Labute approximate surface area is 89.2 Å². The van der Waals surface area contributed by atoms with Crippen LogP contribution < -0.4 is 0 Å². The van der Waals surface area contributed by atoms with Crippen molar-refractivity contribution in [3.63, 3.8) is 0 Å². The maximum Gasteiger partial charge on any atom is 0.402 e. The van der Waals surface area contributed by atoms with Gasteiger partial charge in [0, 0.05) is 19.7 Å². The van der Waals surface area contributed by atoms with Gasteiger partial charge in [-0.3, -0.25) is 0 Å². The first kappa shape index (κ1) is 12.3. The van der Waals surface area contributed by atoms with Crippen LogP contribution >= 0.6 is 15.9 Å². The maximum atomic E-state index is 12.2. The second-order valence-corrected chi connectivity index (χ2v) is 4.71. The van der Waals surface area contributed by atoms with E-state index in [0.717, 1.165) is 6.42 Å². The molecule has 1 rings (SSSR count). The van der Waals surface area contributed by atoms with E-state index in [9.17, 15) is 13.2 Å². The number of aliphatic hydroxyl groups excluding tert-OH is 1. The Bertz CT molecular complexity index is 188. The Hall–Kier alpha value is 0.190. The summed E-state index contributed by atoms with van der Waals surface area (Å²) in [5, 5.41) is 8.82. The molecule has 2 nitrogen and oxygen atoms in total. The lowest BCUT2D eigenvalue weighted by molar-refractivity contribution is -0.130. The molecule has 2 atom stereocenters. The van der Waals surface area contributed by atoms with E-state index in [-0.39, 0.29) is 19.1 Å². The third-order valence-corrected chi connectivity index (χ3v) is 3.21. The molecule has 1 saturated heterocycles. The minimum atomic E-state index is -4.18. The number of nitrogens with zero attached hydrogens (tertiary/aromatic N) is 1. The molecule has 0 aromatic carbocycles. The van der Waals surface area contributed by atoms with E-state index in [1.165, 1.54) is 0 Å². The predicted molar refractivity (Wildman–Crippen MR) is 50.4 cm³/mol. The standard InChI is InChI=1S/C8H13BrF3NO/c9-7(8(10,11)12)4-13-2-1-6(3-13)5-14/h6-7,14H,1-5H2. The third-order valence-electron chi connectivity index (χ3n) is 2.40. The SMILES string of the molecule is OCC1CCN(CC(Br)C(F)(F)F)C1. The van der Waals surface area contributed by atoms with E-state index in [4.69, 9.17) is 5.11 Å². The van der Waals surface area contributed by atoms with Gasteiger partial charge in [-0.15, -0.1) is 0 Å². The third kappa shape index (κ3) is 3.40. The molecule has 2 unspecified atom stereocenters. The second kappa shape index (κ2) is 4.81. The number of hydrogen-bond donors (Lipinski definition) is 1. The Morgan fingerprint density at radius 1 is 1.50 bits per heavy atom. The average molecular weight is 276 g/mol. The average Bonchev–Trinajstić information content (AvgIpc) is 2.50. The summed E-state index contributed by atoms with van der Waals surface area (Å²) in [6.07, 6.45) is -3.40. The zero-order chi connectivity index (χ0) is 10.8. The Morgan fingerprint density at radius 2 is 2.14 bits per heavy atom. The van der Waals surface area contributed by atoms with Crippen LogP contribution in [0, 0.1) is 5.92 Å². The normalized spacial score (nSPS) is 26.8. The highest BCUT2D eigenvalue weighted by Crippen LogP contribution is 2.28. The van der Waals surface area contributed by atoms with Crippen molar-refractivity contribution >= 4 is 15.9 Å². The highest BCUT2D eigenvalue weighted by atomic mass is 79.9. The van der Waals surface area contributed by atoms with Crippen LogP contribution in [0.25, 0.3) is 0 Å². The molecular weight excluding hydrogens is 263 g/mol. The van der Waals surface area contributed by atoms with Crippen molar-refractivity contribution in [1.82, 2.24) is 4.90 Å². The fourth-order valence-electron chi connectivity index (χ4n) is 1.56. The van der Waals surface area contributed by atoms with Crippen molar-refractivity contribution in [3.05, 3.63) is 0 Å². The van der Waals surface area contributed by atoms with Gasteiger partial charge in [0.1, 0.15) is 4.83 Å². The molecule has 1 fully saturated rings. The highest BCUT2D eigenvalue weighted by Gasteiger charge is 2.39. The summed E-state index contributed by atoms with van der Waals surface area (Å²) in [6.45, 7) is 1.24. The topological polar surface area (TPSA) is 23.5 Å². The zero-order valence-corrected chi connectivity index (χ0v) is 9.18. The summed E-state index contributed by atoms with van der Waals surface area (Å²) >= 11 is 2.62. The van der Waals surface area contributed by atoms with Gasteiger partial charge in [0.15, 0.2) is 0 Å². The van der Waals surface area contributed by atoms with E-state index >= 15 is 0 Å². The number of rotatable bonds is 3. The monoisotopic (exact) mass is 275 g/mol. The zero-order valence-electron chi connectivity index (χ0n) is 7.60. The van der Waals surface area contributed by atoms with E-state index < -0.39 is 11.0 Å². The Morgan fingerprint density at radius 3 is 2.57 bits per heavy atom. The Kier molecular flexibility index (Phi) is 4.21. The second-order valence-electron chi connectivity index (χ2n) is 3.61. The highest BCUT2D eigenvalue weighted by molar-refractivity contribution is 9.09. The number of likely N-dealkylation sites (tertiary alicyclic amines) is 1. The first-order valence-electron chi connectivity index (χ1n) is 4.47.